The summed E-state index contributed by atoms with van der Waals surface area (Å²) in [4.78, 5) is 2.50. The van der Waals surface area contributed by atoms with E-state index in [9.17, 15) is 0 Å². The summed E-state index contributed by atoms with van der Waals surface area (Å²) >= 11 is 0. The summed E-state index contributed by atoms with van der Waals surface area (Å²) in [7, 11) is 0. The van der Waals surface area contributed by atoms with Crippen molar-refractivity contribution in [3.8, 4) is 55.6 Å². The van der Waals surface area contributed by atoms with Crippen molar-refractivity contribution in [2.75, 3.05) is 4.90 Å². The molecule has 12 aromatic carbocycles. The molecule has 0 aromatic heterocycles. The molecule has 0 fully saturated rings. The second kappa shape index (κ2) is 16.1. The van der Waals surface area contributed by atoms with Crippen molar-refractivity contribution in [1.29, 1.82) is 0 Å². The summed E-state index contributed by atoms with van der Waals surface area (Å²) in [5, 5.41) is 2.57. The molecular weight excluding hydrogens is 879 g/mol. The second-order valence-corrected chi connectivity index (χ2v) is 19.8. The SMILES string of the molecule is c1ccc(-c2ccc(N(c3ccc4c(c3)-c3ccccc3C4(c3ccccc3)c3ccccc3)c3ccc4c(c3)C3(c5ccccc5-4)c4ccccc4-c4cccc5ccc(-c6ccccc6)c3c45)cc2)cc1. The van der Waals surface area contributed by atoms with Crippen LogP contribution in [0, 0.1) is 0 Å². The van der Waals surface area contributed by atoms with Crippen LogP contribution in [-0.2, 0) is 10.8 Å². The number of benzene rings is 12. The van der Waals surface area contributed by atoms with Crippen molar-refractivity contribution in [3.05, 3.63) is 330 Å². The van der Waals surface area contributed by atoms with Gasteiger partial charge in [-0.25, -0.2) is 0 Å². The lowest BCUT2D eigenvalue weighted by Crippen LogP contribution is -2.32. The molecule has 73 heavy (non-hydrogen) atoms. The quantitative estimate of drug-likeness (QED) is 0.154. The molecule has 0 bridgehead atoms. The molecule has 0 saturated carbocycles. The maximum absolute atomic E-state index is 2.54. The molecule has 0 amide bonds. The number of fused-ring (bicyclic) bond motifs is 12. The van der Waals surface area contributed by atoms with Crippen LogP contribution in [0.25, 0.3) is 66.4 Å². The molecule has 1 unspecified atom stereocenters. The third-order valence-electron chi connectivity index (χ3n) is 16.3. The molecule has 0 saturated heterocycles. The fourth-order valence-corrected chi connectivity index (χ4v) is 13.5. The van der Waals surface area contributed by atoms with Crippen LogP contribution in [0.1, 0.15) is 44.5 Å². The van der Waals surface area contributed by atoms with Gasteiger partial charge in [0.15, 0.2) is 0 Å². The average molecular weight is 926 g/mol. The van der Waals surface area contributed by atoms with E-state index in [1.165, 1.54) is 111 Å². The third kappa shape index (κ3) is 5.85. The average Bonchev–Trinajstić information content (AvgIpc) is 3.93. The Morgan fingerprint density at radius 3 is 1.32 bits per heavy atom. The third-order valence-corrected chi connectivity index (χ3v) is 16.3. The molecule has 1 nitrogen and oxygen atoms in total. The minimum atomic E-state index is -0.637. The van der Waals surface area contributed by atoms with Crippen molar-refractivity contribution in [2.45, 2.75) is 10.8 Å². The lowest BCUT2D eigenvalue weighted by Gasteiger charge is -2.41. The van der Waals surface area contributed by atoms with Crippen LogP contribution in [0.3, 0.4) is 0 Å². The Kier molecular flexibility index (Phi) is 9.16. The van der Waals surface area contributed by atoms with Gasteiger partial charge in [0, 0.05) is 17.1 Å². The van der Waals surface area contributed by atoms with E-state index in [0.717, 1.165) is 17.1 Å². The zero-order chi connectivity index (χ0) is 48.1. The van der Waals surface area contributed by atoms with E-state index >= 15 is 0 Å². The maximum atomic E-state index is 2.54. The highest BCUT2D eigenvalue weighted by Crippen LogP contribution is 2.64. The Bertz CT molecular complexity index is 4080. The van der Waals surface area contributed by atoms with Crippen molar-refractivity contribution in [3.63, 3.8) is 0 Å². The lowest BCUT2D eigenvalue weighted by molar-refractivity contribution is 0.768. The summed E-state index contributed by atoms with van der Waals surface area (Å²) in [6, 6.07) is 107. The van der Waals surface area contributed by atoms with Crippen LogP contribution in [0.15, 0.2) is 285 Å². The summed E-state index contributed by atoms with van der Waals surface area (Å²) < 4.78 is 0. The first-order valence-electron chi connectivity index (χ1n) is 25.5. The molecule has 15 rings (SSSR count). The molecule has 1 heteroatoms. The Labute approximate surface area is 426 Å². The highest BCUT2D eigenvalue weighted by Gasteiger charge is 2.52. The van der Waals surface area contributed by atoms with E-state index in [1.54, 1.807) is 0 Å². The van der Waals surface area contributed by atoms with Gasteiger partial charge in [-0.1, -0.05) is 249 Å². The first kappa shape index (κ1) is 41.5. The first-order valence-corrected chi connectivity index (χ1v) is 25.5. The fraction of sp³-hybridized carbons (Fsp3) is 0.0278. The van der Waals surface area contributed by atoms with E-state index in [1.807, 2.05) is 0 Å². The van der Waals surface area contributed by atoms with Gasteiger partial charge in [-0.05, 0) is 147 Å². The van der Waals surface area contributed by atoms with E-state index < -0.39 is 10.8 Å². The molecular formula is C72H47N. The number of rotatable bonds is 7. The van der Waals surface area contributed by atoms with Gasteiger partial charge in [0.05, 0.1) is 10.8 Å². The topological polar surface area (TPSA) is 3.24 Å². The maximum Gasteiger partial charge on any atom is 0.0732 e. The fourth-order valence-electron chi connectivity index (χ4n) is 13.5. The van der Waals surface area contributed by atoms with Gasteiger partial charge in [0.1, 0.15) is 0 Å². The Hall–Kier alpha value is -9.30. The number of hydrogen-bond acceptors (Lipinski definition) is 1. The Balaban J connectivity index is 1.01. The monoisotopic (exact) mass is 925 g/mol. The standard InChI is InChI=1S/C72H47N/c1-5-20-48(21-6-1)49-36-39-54(40-37-49)73(55-42-45-67-63(46-55)60-31-15-16-33-64(60)71(67,52-25-9-3-10-26-52)53-27-11-4-12-28-53)56-41-44-61-58-29-13-17-34-65(58)72(68(61)47-56)66-35-18-14-30-59(66)62-32-19-24-51-38-43-57(70(72)69(51)62)50-22-7-2-8-23-50/h1-47H. The van der Waals surface area contributed by atoms with Crippen molar-refractivity contribution >= 4 is 27.8 Å². The molecule has 3 aliphatic rings. The van der Waals surface area contributed by atoms with Crippen molar-refractivity contribution in [1.82, 2.24) is 0 Å². The van der Waals surface area contributed by atoms with E-state index in [4.69, 9.17) is 0 Å². The van der Waals surface area contributed by atoms with Gasteiger partial charge in [-0.15, -0.1) is 0 Å². The summed E-state index contributed by atoms with van der Waals surface area (Å²) in [5.74, 6) is 0. The summed E-state index contributed by atoms with van der Waals surface area (Å²) in [6.07, 6.45) is 0. The van der Waals surface area contributed by atoms with E-state index in [2.05, 4.69) is 290 Å². The van der Waals surface area contributed by atoms with E-state index in [-0.39, 0.29) is 0 Å². The highest BCUT2D eigenvalue weighted by molar-refractivity contribution is 6.10. The molecule has 0 heterocycles. The van der Waals surface area contributed by atoms with E-state index in [0.29, 0.717) is 0 Å². The summed E-state index contributed by atoms with van der Waals surface area (Å²) in [6.45, 7) is 0. The number of anilines is 3. The molecule has 340 valence electrons. The Morgan fingerprint density at radius 2 is 0.671 bits per heavy atom. The number of hydrogen-bond donors (Lipinski definition) is 0. The van der Waals surface area contributed by atoms with Gasteiger partial charge in [-0.2, -0.15) is 0 Å². The molecule has 1 spiro atoms. The molecule has 12 aromatic rings. The zero-order valence-corrected chi connectivity index (χ0v) is 40.1. The normalized spacial score (nSPS) is 15.0. The van der Waals surface area contributed by atoms with Crippen LogP contribution in [0.5, 0.6) is 0 Å². The van der Waals surface area contributed by atoms with Gasteiger partial charge in [-0.3, -0.25) is 0 Å². The van der Waals surface area contributed by atoms with Crippen LogP contribution in [-0.4, -0.2) is 0 Å². The van der Waals surface area contributed by atoms with Crippen molar-refractivity contribution in [2.24, 2.45) is 0 Å². The largest absolute Gasteiger partial charge is 0.310 e. The van der Waals surface area contributed by atoms with Gasteiger partial charge < -0.3 is 4.90 Å². The lowest BCUT2D eigenvalue weighted by atomic mass is 9.60. The highest BCUT2D eigenvalue weighted by atomic mass is 15.1. The predicted molar refractivity (Wildman–Crippen MR) is 303 cm³/mol. The smallest absolute Gasteiger partial charge is 0.0732 e. The number of nitrogens with zero attached hydrogens (tertiary/aromatic N) is 1. The van der Waals surface area contributed by atoms with Crippen LogP contribution in [0.2, 0.25) is 0 Å². The van der Waals surface area contributed by atoms with Gasteiger partial charge in [0.25, 0.3) is 0 Å². The second-order valence-electron chi connectivity index (χ2n) is 19.8. The van der Waals surface area contributed by atoms with Crippen LogP contribution >= 0.6 is 0 Å². The van der Waals surface area contributed by atoms with Crippen molar-refractivity contribution < 1.29 is 0 Å². The van der Waals surface area contributed by atoms with Gasteiger partial charge in [0.2, 0.25) is 0 Å². The molecule has 0 radical (unpaired) electrons. The molecule has 1 atom stereocenters. The molecule has 0 aliphatic heterocycles. The summed E-state index contributed by atoms with van der Waals surface area (Å²) in [5.41, 5.74) is 25.0. The zero-order valence-electron chi connectivity index (χ0n) is 40.1. The minimum Gasteiger partial charge on any atom is -0.310 e. The predicted octanol–water partition coefficient (Wildman–Crippen LogP) is 18.4. The van der Waals surface area contributed by atoms with Gasteiger partial charge >= 0.3 is 0 Å². The molecule has 3 aliphatic carbocycles. The van der Waals surface area contributed by atoms with Crippen LogP contribution < -0.4 is 4.90 Å². The first-order chi connectivity index (χ1) is 36.2. The Morgan fingerprint density at radius 1 is 0.233 bits per heavy atom. The minimum absolute atomic E-state index is 0.497. The molecule has 0 N–H and O–H groups in total. The van der Waals surface area contributed by atoms with Crippen LogP contribution in [0.4, 0.5) is 17.1 Å².